The lowest BCUT2D eigenvalue weighted by atomic mass is 10.1. The summed E-state index contributed by atoms with van der Waals surface area (Å²) in [5, 5.41) is 9.01. The van der Waals surface area contributed by atoms with Gasteiger partial charge in [0.15, 0.2) is 0 Å². The Labute approximate surface area is 197 Å². The number of likely N-dealkylation sites (N-methyl/N-ethyl adjacent to an activating group) is 1. The van der Waals surface area contributed by atoms with Crippen LogP contribution < -0.4 is 0 Å². The molecule has 0 aliphatic heterocycles. The maximum Gasteiger partial charge on any atom is 0.335 e. The Bertz CT molecular complexity index is 1070. The topological polar surface area (TPSA) is 70.8 Å². The van der Waals surface area contributed by atoms with Gasteiger partial charge in [-0.15, -0.1) is 0 Å². The largest absolute Gasteiger partial charge is 0.478 e. The number of carboxylic acid groups (broad SMARTS) is 1. The van der Waals surface area contributed by atoms with Gasteiger partial charge in [0.25, 0.3) is 5.91 Å². The number of nitrogens with zero attached hydrogens (tertiary/aromatic N) is 1. The molecule has 1 amide bonds. The number of benzene rings is 2. The lowest BCUT2D eigenvalue weighted by molar-refractivity contribution is -0.125. The zero-order valence-electron chi connectivity index (χ0n) is 18.1. The van der Waals surface area contributed by atoms with Crippen molar-refractivity contribution in [1.29, 1.82) is 0 Å². The molecule has 0 atom stereocenters. The van der Waals surface area contributed by atoms with Crippen molar-refractivity contribution in [2.75, 3.05) is 7.05 Å². The molecule has 0 spiro atoms. The second-order valence-corrected chi connectivity index (χ2v) is 7.90. The third-order valence-electron chi connectivity index (χ3n) is 4.31. The molecule has 0 aliphatic rings. The predicted molar refractivity (Wildman–Crippen MR) is 135 cm³/mol. The van der Waals surface area contributed by atoms with Crippen LogP contribution in [0.25, 0.3) is 17.4 Å². The van der Waals surface area contributed by atoms with E-state index >= 15 is 0 Å². The van der Waals surface area contributed by atoms with E-state index in [9.17, 15) is 9.59 Å². The quantitative estimate of drug-likeness (QED) is 0.307. The highest BCUT2D eigenvalue weighted by Crippen LogP contribution is 2.26. The van der Waals surface area contributed by atoms with Gasteiger partial charge in [0, 0.05) is 29.9 Å². The monoisotopic (exact) mass is 467 g/mol. The molecule has 166 valence electrons. The summed E-state index contributed by atoms with van der Waals surface area (Å²) in [6, 6.07) is 19.7. The molecule has 1 N–H and O–H groups in total. The van der Waals surface area contributed by atoms with Gasteiger partial charge in [-0.05, 0) is 29.8 Å². The minimum Gasteiger partial charge on any atom is -0.478 e. The Morgan fingerprint density at radius 1 is 1.03 bits per heavy atom. The first kappa shape index (κ1) is 25.1. The van der Waals surface area contributed by atoms with Crippen molar-refractivity contribution < 1.29 is 19.1 Å². The van der Waals surface area contributed by atoms with Gasteiger partial charge in [-0.3, -0.25) is 4.79 Å². The molecule has 0 aliphatic carbocycles. The molecule has 1 aromatic heterocycles. The van der Waals surface area contributed by atoms with E-state index in [1.807, 2.05) is 44.2 Å². The Balaban J connectivity index is 0.00000176. The second kappa shape index (κ2) is 12.6. The number of furan rings is 1. The normalized spacial score (nSPS) is 10.7. The SMILES string of the molecule is CC.CN(Cc1ccccc1)C(=O)/C(=C/c1ccc(-c2ccc(C(=O)O)cc2)o1)SC=S. The van der Waals surface area contributed by atoms with E-state index in [-0.39, 0.29) is 11.5 Å². The van der Waals surface area contributed by atoms with E-state index in [1.165, 1.54) is 16.8 Å². The Kier molecular flexibility index (Phi) is 9.91. The summed E-state index contributed by atoms with van der Waals surface area (Å²) in [4.78, 5) is 26.0. The van der Waals surface area contributed by atoms with Crippen LogP contribution in [0.2, 0.25) is 0 Å². The maximum absolute atomic E-state index is 12.9. The van der Waals surface area contributed by atoms with Crippen molar-refractivity contribution in [2.24, 2.45) is 0 Å². The van der Waals surface area contributed by atoms with Gasteiger partial charge in [0.05, 0.1) is 10.5 Å². The lowest BCUT2D eigenvalue weighted by Crippen LogP contribution is -2.26. The Morgan fingerprint density at radius 2 is 1.69 bits per heavy atom. The van der Waals surface area contributed by atoms with Gasteiger partial charge < -0.3 is 14.4 Å². The third-order valence-corrected chi connectivity index (χ3v) is 5.24. The molecule has 0 saturated heterocycles. The number of carbonyl (C=O) groups excluding carboxylic acids is 1. The van der Waals surface area contributed by atoms with Crippen molar-refractivity contribution in [3.05, 3.63) is 88.5 Å². The van der Waals surface area contributed by atoms with Crippen molar-refractivity contribution >= 4 is 46.6 Å². The first-order valence-corrected chi connectivity index (χ1v) is 11.4. The highest BCUT2D eigenvalue weighted by molar-refractivity contribution is 8.24. The molecule has 3 rings (SSSR count). The predicted octanol–water partition coefficient (Wildman–Crippen LogP) is 6.36. The van der Waals surface area contributed by atoms with Crippen LogP contribution in [-0.4, -0.2) is 33.6 Å². The third kappa shape index (κ3) is 6.93. The summed E-state index contributed by atoms with van der Waals surface area (Å²) in [6.07, 6.45) is 1.66. The average Bonchev–Trinajstić information content (AvgIpc) is 3.29. The van der Waals surface area contributed by atoms with Crippen molar-refractivity contribution in [1.82, 2.24) is 4.90 Å². The summed E-state index contributed by atoms with van der Waals surface area (Å²) in [7, 11) is 1.74. The van der Waals surface area contributed by atoms with Crippen LogP contribution in [-0.2, 0) is 11.3 Å². The second-order valence-electron chi connectivity index (χ2n) is 6.45. The van der Waals surface area contributed by atoms with Crippen LogP contribution in [0, 0.1) is 0 Å². The number of hydrogen-bond donors (Lipinski definition) is 1. The lowest BCUT2D eigenvalue weighted by Gasteiger charge is -2.18. The summed E-state index contributed by atoms with van der Waals surface area (Å²) >= 11 is 6.11. The van der Waals surface area contributed by atoms with Gasteiger partial charge in [0.1, 0.15) is 11.5 Å². The molecule has 0 fully saturated rings. The minimum absolute atomic E-state index is 0.159. The Morgan fingerprint density at radius 3 is 2.28 bits per heavy atom. The van der Waals surface area contributed by atoms with E-state index in [1.54, 1.807) is 42.3 Å². The van der Waals surface area contributed by atoms with E-state index in [2.05, 4.69) is 0 Å². The number of thiocarbonyl (C=S) groups is 1. The van der Waals surface area contributed by atoms with E-state index < -0.39 is 5.97 Å². The number of carboxylic acids is 1. The fourth-order valence-corrected chi connectivity index (χ4v) is 3.66. The van der Waals surface area contributed by atoms with Gasteiger partial charge in [-0.2, -0.15) is 0 Å². The summed E-state index contributed by atoms with van der Waals surface area (Å²) in [5.41, 5.74) is 1.98. The number of amides is 1. The highest BCUT2D eigenvalue weighted by atomic mass is 32.2. The molecule has 32 heavy (non-hydrogen) atoms. The van der Waals surface area contributed by atoms with E-state index in [0.717, 1.165) is 22.9 Å². The van der Waals surface area contributed by atoms with Crippen LogP contribution in [0.4, 0.5) is 0 Å². The number of carbonyl (C=O) groups is 2. The van der Waals surface area contributed by atoms with Gasteiger partial charge >= 0.3 is 5.97 Å². The molecule has 0 unspecified atom stereocenters. The fourth-order valence-electron chi connectivity index (χ4n) is 2.81. The van der Waals surface area contributed by atoms with Crippen LogP contribution >= 0.6 is 24.0 Å². The van der Waals surface area contributed by atoms with Crippen LogP contribution in [0.3, 0.4) is 0 Å². The summed E-state index contributed by atoms with van der Waals surface area (Å²) in [6.45, 7) is 4.48. The van der Waals surface area contributed by atoms with Crippen molar-refractivity contribution in [2.45, 2.75) is 20.4 Å². The van der Waals surface area contributed by atoms with Crippen molar-refractivity contribution in [3.63, 3.8) is 0 Å². The number of rotatable bonds is 8. The zero-order chi connectivity index (χ0) is 23.5. The van der Waals surface area contributed by atoms with Crippen LogP contribution in [0.15, 0.2) is 76.1 Å². The average molecular weight is 468 g/mol. The standard InChI is InChI=1S/C23H19NO4S2.C2H6/c1-24(14-16-5-3-2-4-6-16)22(25)21(30-15-29)13-19-11-12-20(28-19)17-7-9-18(10-8-17)23(26)27;1-2/h2-13,15H,14H2,1H3,(H,26,27);1-2H3/b21-13-;. The maximum atomic E-state index is 12.9. The molecule has 0 bridgehead atoms. The minimum atomic E-state index is -0.982. The van der Waals surface area contributed by atoms with Gasteiger partial charge in [-0.1, -0.05) is 80.3 Å². The molecule has 2 aromatic carbocycles. The molecule has 0 radical (unpaired) electrons. The summed E-state index contributed by atoms with van der Waals surface area (Å²) in [5.74, 6) is -0.0543. The smallest absolute Gasteiger partial charge is 0.335 e. The first-order valence-electron chi connectivity index (χ1n) is 10.0. The van der Waals surface area contributed by atoms with Gasteiger partial charge in [-0.25, -0.2) is 4.79 Å². The van der Waals surface area contributed by atoms with E-state index in [4.69, 9.17) is 21.7 Å². The van der Waals surface area contributed by atoms with Crippen molar-refractivity contribution in [3.8, 4) is 11.3 Å². The fraction of sp³-hybridized carbons (Fsp3) is 0.160. The molecule has 5 nitrogen and oxygen atoms in total. The van der Waals surface area contributed by atoms with Gasteiger partial charge in [0.2, 0.25) is 0 Å². The molecule has 1 heterocycles. The molecule has 3 aromatic rings. The Hall–Kier alpha value is -3.16. The summed E-state index contributed by atoms with van der Waals surface area (Å²) < 4.78 is 7.28. The van der Waals surface area contributed by atoms with E-state index in [0.29, 0.717) is 23.0 Å². The molecule has 0 saturated carbocycles. The van der Waals surface area contributed by atoms with Crippen LogP contribution in [0.1, 0.15) is 35.5 Å². The zero-order valence-corrected chi connectivity index (χ0v) is 19.8. The molecular formula is C25H25NO4S2. The van der Waals surface area contributed by atoms with Crippen LogP contribution in [0.5, 0.6) is 0 Å². The molecular weight excluding hydrogens is 442 g/mol. The highest BCUT2D eigenvalue weighted by Gasteiger charge is 2.16. The molecule has 7 heteroatoms. The number of aromatic carboxylic acids is 1. The number of hydrogen-bond acceptors (Lipinski definition) is 5. The first-order chi connectivity index (χ1) is 15.5. The number of thioether (sulfide) groups is 1.